The summed E-state index contributed by atoms with van der Waals surface area (Å²) < 4.78 is 67.2. The lowest BCUT2D eigenvalue weighted by Gasteiger charge is -2.10. The van der Waals surface area contributed by atoms with Gasteiger partial charge in [-0.2, -0.15) is 22.4 Å². The van der Waals surface area contributed by atoms with E-state index in [1.807, 2.05) is 13.8 Å². The second kappa shape index (κ2) is 11.0. The van der Waals surface area contributed by atoms with Crippen LogP contribution >= 0.6 is 11.6 Å². The van der Waals surface area contributed by atoms with Gasteiger partial charge in [0.05, 0.1) is 26.6 Å². The minimum absolute atomic E-state index is 0.0928. The Balaban J connectivity index is 0.00000176. The van der Waals surface area contributed by atoms with Crippen LogP contribution in [-0.2, 0) is 17.2 Å². The third kappa shape index (κ3) is 5.47. The van der Waals surface area contributed by atoms with Crippen molar-refractivity contribution in [2.45, 2.75) is 24.9 Å². The quantitative estimate of drug-likeness (QED) is 0.231. The van der Waals surface area contributed by atoms with Crippen molar-refractivity contribution in [1.29, 1.82) is 0 Å². The first kappa shape index (κ1) is 27.0. The van der Waals surface area contributed by atoms with E-state index in [2.05, 4.69) is 10.4 Å². The first-order valence-electron chi connectivity index (χ1n) is 10.4. The van der Waals surface area contributed by atoms with E-state index in [1.165, 1.54) is 36.4 Å². The van der Waals surface area contributed by atoms with Crippen molar-refractivity contribution in [2.24, 2.45) is 0 Å². The predicted octanol–water partition coefficient (Wildman–Crippen LogP) is 6.51. The van der Waals surface area contributed by atoms with E-state index in [1.54, 1.807) is 0 Å². The first-order valence-corrected chi connectivity index (χ1v) is 11.9. The zero-order valence-electron chi connectivity index (χ0n) is 18.8. The number of anilines is 1. The monoisotopic (exact) mass is 539 g/mol. The van der Waals surface area contributed by atoms with E-state index in [4.69, 9.17) is 11.6 Å². The Morgan fingerprint density at radius 3 is 2.42 bits per heavy atom. The summed E-state index contributed by atoms with van der Waals surface area (Å²) in [7, 11) is -2.26. The maximum Gasteiger partial charge on any atom is 0.416 e. The second-order valence-electron chi connectivity index (χ2n) is 6.93. The van der Waals surface area contributed by atoms with Crippen LogP contribution in [0.2, 0.25) is 5.02 Å². The summed E-state index contributed by atoms with van der Waals surface area (Å²) in [6, 6.07) is 11.7. The van der Waals surface area contributed by atoms with Gasteiger partial charge in [-0.05, 0) is 48.5 Å². The number of alkyl halides is 3. The molecule has 1 unspecified atom stereocenters. The molecule has 1 heterocycles. The zero-order valence-corrected chi connectivity index (χ0v) is 20.3. The molecule has 1 aromatic heterocycles. The minimum atomic E-state index is -4.65. The summed E-state index contributed by atoms with van der Waals surface area (Å²) >= 11 is 5.91. The molecule has 0 fully saturated rings. The van der Waals surface area contributed by atoms with Crippen molar-refractivity contribution in [3.05, 3.63) is 88.3 Å². The Hall–Kier alpha value is -3.57. The number of nitrogens with one attached hydrogen (secondary N) is 1. The molecule has 1 amide bonds. The lowest BCUT2D eigenvalue weighted by atomic mass is 10.1. The van der Waals surface area contributed by atoms with Crippen LogP contribution in [-0.4, -0.2) is 25.6 Å². The van der Waals surface area contributed by atoms with Crippen LogP contribution in [0.4, 0.5) is 23.2 Å². The smallest absolute Gasteiger partial charge is 0.322 e. The highest BCUT2D eigenvalue weighted by molar-refractivity contribution is 7.83. The van der Waals surface area contributed by atoms with E-state index in [0.717, 1.165) is 28.4 Å². The fourth-order valence-corrected chi connectivity index (χ4v) is 4.56. The lowest BCUT2D eigenvalue weighted by Crippen LogP contribution is -2.14. The minimum Gasteiger partial charge on any atom is -0.322 e. The number of amides is 1. The number of rotatable bonds is 5. The van der Waals surface area contributed by atoms with Crippen molar-refractivity contribution in [1.82, 2.24) is 9.19 Å². The van der Waals surface area contributed by atoms with Crippen molar-refractivity contribution >= 4 is 51.4 Å². The molecular weight excluding hydrogens is 522 g/mol. The molecule has 0 aliphatic heterocycles. The van der Waals surface area contributed by atoms with Gasteiger partial charge in [-0.25, -0.2) is 8.60 Å². The van der Waals surface area contributed by atoms with Gasteiger partial charge in [0.2, 0.25) is 0 Å². The highest BCUT2D eigenvalue weighted by Gasteiger charge is 2.31. The molecule has 6 nitrogen and oxygen atoms in total. The molecule has 188 valence electrons. The molecule has 4 aromatic rings. The molecular formula is C24H18ClF4N3O3S. The number of aldehydes is 1. The molecule has 1 N–H and O–H groups in total. The zero-order chi connectivity index (χ0) is 26.6. The summed E-state index contributed by atoms with van der Waals surface area (Å²) in [6.45, 7) is 4.00. The largest absolute Gasteiger partial charge is 0.416 e. The standard InChI is InChI=1S/C22H12ClF4N3O3S.C2H6/c23-16-5-2-6-17(24)20(16)21(32)28-13-7-8-15-18(11-31)29-30(19(15)10-13)34(33)14-4-1-3-12(9-14)22(25,26)27;1-2/h1-11H,(H,28,32);1-2H3. The van der Waals surface area contributed by atoms with E-state index in [9.17, 15) is 31.4 Å². The average molecular weight is 540 g/mol. The number of benzene rings is 3. The van der Waals surface area contributed by atoms with Gasteiger partial charge in [-0.1, -0.05) is 37.6 Å². The van der Waals surface area contributed by atoms with Gasteiger partial charge in [0.15, 0.2) is 17.3 Å². The molecule has 1 atom stereocenters. The van der Waals surface area contributed by atoms with Gasteiger partial charge < -0.3 is 5.32 Å². The van der Waals surface area contributed by atoms with Gasteiger partial charge >= 0.3 is 6.18 Å². The van der Waals surface area contributed by atoms with Gasteiger partial charge in [-0.15, -0.1) is 0 Å². The Morgan fingerprint density at radius 1 is 1.08 bits per heavy atom. The van der Waals surface area contributed by atoms with Gasteiger partial charge in [0, 0.05) is 11.1 Å². The van der Waals surface area contributed by atoms with Crippen LogP contribution in [0, 0.1) is 5.82 Å². The molecule has 4 rings (SSSR count). The summed E-state index contributed by atoms with van der Waals surface area (Å²) in [6.07, 6.45) is -4.24. The maximum atomic E-state index is 14.1. The molecule has 3 aromatic carbocycles. The third-order valence-electron chi connectivity index (χ3n) is 4.76. The molecule has 0 aliphatic carbocycles. The lowest BCUT2D eigenvalue weighted by molar-refractivity contribution is -0.137. The summed E-state index contributed by atoms with van der Waals surface area (Å²) in [5.74, 6) is -1.70. The van der Waals surface area contributed by atoms with Gasteiger partial charge in [0.25, 0.3) is 5.91 Å². The van der Waals surface area contributed by atoms with E-state index >= 15 is 0 Å². The molecule has 36 heavy (non-hydrogen) atoms. The normalized spacial score (nSPS) is 12.0. The number of hydrogen-bond donors (Lipinski definition) is 1. The second-order valence-corrected chi connectivity index (χ2v) is 8.66. The number of halogens is 5. The van der Waals surface area contributed by atoms with Crippen LogP contribution in [0.3, 0.4) is 0 Å². The van der Waals surface area contributed by atoms with Crippen LogP contribution in [0.15, 0.2) is 65.6 Å². The SMILES string of the molecule is CC.O=Cc1nn(S(=O)c2cccc(C(F)(F)F)c2)c2cc(NC(=O)c3c(F)cccc3Cl)ccc12. The molecule has 0 spiro atoms. The summed E-state index contributed by atoms with van der Waals surface area (Å²) in [5, 5.41) is 6.54. The number of hydrogen-bond acceptors (Lipinski definition) is 4. The number of aromatic nitrogens is 2. The van der Waals surface area contributed by atoms with Crippen molar-refractivity contribution in [3.8, 4) is 0 Å². The Labute approximate surface area is 210 Å². The third-order valence-corrected chi connectivity index (χ3v) is 6.32. The predicted molar refractivity (Wildman–Crippen MR) is 129 cm³/mol. The van der Waals surface area contributed by atoms with Crippen LogP contribution in [0.25, 0.3) is 10.9 Å². The summed E-state index contributed by atoms with van der Waals surface area (Å²) in [4.78, 5) is 23.8. The molecule has 0 saturated heterocycles. The molecule has 0 aliphatic rings. The van der Waals surface area contributed by atoms with Crippen LogP contribution in [0.1, 0.15) is 40.3 Å². The van der Waals surface area contributed by atoms with Crippen LogP contribution in [0.5, 0.6) is 0 Å². The number of carbonyl (C=O) groups is 2. The highest BCUT2D eigenvalue weighted by Crippen LogP contribution is 2.31. The maximum absolute atomic E-state index is 14.1. The van der Waals surface area contributed by atoms with Gasteiger partial charge in [-0.3, -0.25) is 9.59 Å². The molecule has 12 heteroatoms. The van der Waals surface area contributed by atoms with E-state index < -0.39 is 34.4 Å². The molecule has 0 saturated carbocycles. The highest BCUT2D eigenvalue weighted by atomic mass is 35.5. The number of nitrogens with zero attached hydrogens (tertiary/aromatic N) is 2. The Bertz CT molecular complexity index is 1450. The fraction of sp³-hybridized carbons (Fsp3) is 0.125. The number of carbonyl (C=O) groups excluding carboxylic acids is 2. The Kier molecular flexibility index (Phi) is 8.26. The van der Waals surface area contributed by atoms with Crippen molar-refractivity contribution < 1.29 is 31.4 Å². The number of fused-ring (bicyclic) bond motifs is 1. The van der Waals surface area contributed by atoms with E-state index in [-0.39, 0.29) is 37.8 Å². The van der Waals surface area contributed by atoms with Gasteiger partial charge in [0.1, 0.15) is 11.5 Å². The molecule has 0 radical (unpaired) electrons. The summed E-state index contributed by atoms with van der Waals surface area (Å²) in [5.41, 5.74) is -1.28. The molecule has 0 bridgehead atoms. The Morgan fingerprint density at radius 2 is 1.78 bits per heavy atom. The van der Waals surface area contributed by atoms with Crippen LogP contribution < -0.4 is 5.32 Å². The van der Waals surface area contributed by atoms with Crippen molar-refractivity contribution in [2.75, 3.05) is 5.32 Å². The topological polar surface area (TPSA) is 81.1 Å². The average Bonchev–Trinajstić information content (AvgIpc) is 3.22. The first-order chi connectivity index (χ1) is 17.1. The van der Waals surface area contributed by atoms with E-state index in [0.29, 0.717) is 6.29 Å². The fourth-order valence-electron chi connectivity index (χ4n) is 3.19. The van der Waals surface area contributed by atoms with Crippen molar-refractivity contribution in [3.63, 3.8) is 0 Å².